The highest BCUT2D eigenvalue weighted by Gasteiger charge is 2.29. The second kappa shape index (κ2) is 10.2. The number of anilines is 1. The van der Waals surface area contributed by atoms with Crippen molar-refractivity contribution in [2.24, 2.45) is 0 Å². The Labute approximate surface area is 197 Å². The maximum atomic E-state index is 13.1. The molecule has 1 aliphatic heterocycles. The Hall–Kier alpha value is -2.13. The van der Waals surface area contributed by atoms with Gasteiger partial charge in [-0.15, -0.1) is 0 Å². The minimum Gasteiger partial charge on any atom is -0.449 e. The van der Waals surface area contributed by atoms with Crippen LogP contribution in [0.4, 0.5) is 5.69 Å². The van der Waals surface area contributed by atoms with E-state index in [1.54, 1.807) is 19.1 Å². The lowest BCUT2D eigenvalue weighted by Gasteiger charge is -2.26. The monoisotopic (exact) mass is 498 g/mol. The maximum absolute atomic E-state index is 13.1. The van der Waals surface area contributed by atoms with Crippen LogP contribution < -0.4 is 5.32 Å². The van der Waals surface area contributed by atoms with Crippen LogP contribution in [0.3, 0.4) is 0 Å². The predicted molar refractivity (Wildman–Crippen MR) is 124 cm³/mol. The minimum atomic E-state index is -3.72. The van der Waals surface area contributed by atoms with Gasteiger partial charge >= 0.3 is 5.97 Å². The fraction of sp³-hybridized carbons (Fsp3) is 0.364. The zero-order chi connectivity index (χ0) is 23.5. The molecular formula is C22H24Cl2N2O5S. The van der Waals surface area contributed by atoms with Crippen molar-refractivity contribution in [3.63, 3.8) is 0 Å². The normalized spacial score (nSPS) is 15.8. The number of nitrogens with one attached hydrogen (secondary N) is 1. The number of sulfonamides is 1. The second-order valence-electron chi connectivity index (χ2n) is 7.61. The van der Waals surface area contributed by atoms with Crippen LogP contribution in [0.5, 0.6) is 0 Å². The van der Waals surface area contributed by atoms with Crippen molar-refractivity contribution in [2.75, 3.05) is 18.4 Å². The van der Waals surface area contributed by atoms with Crippen LogP contribution in [-0.4, -0.2) is 43.8 Å². The van der Waals surface area contributed by atoms with Crippen molar-refractivity contribution in [1.29, 1.82) is 0 Å². The predicted octanol–water partition coefficient (Wildman–Crippen LogP) is 4.66. The number of hydrogen-bond acceptors (Lipinski definition) is 5. The molecule has 1 amide bonds. The third kappa shape index (κ3) is 5.61. The molecule has 0 aromatic heterocycles. The first-order valence-corrected chi connectivity index (χ1v) is 12.4. The van der Waals surface area contributed by atoms with E-state index < -0.39 is 28.0 Å². The van der Waals surface area contributed by atoms with Crippen LogP contribution in [0.25, 0.3) is 0 Å². The van der Waals surface area contributed by atoms with Crippen molar-refractivity contribution < 1.29 is 22.7 Å². The average molecular weight is 499 g/mol. The summed E-state index contributed by atoms with van der Waals surface area (Å²) in [4.78, 5) is 25.1. The highest BCUT2D eigenvalue weighted by Crippen LogP contribution is 2.26. The zero-order valence-electron chi connectivity index (χ0n) is 17.7. The number of esters is 1. The van der Waals surface area contributed by atoms with Gasteiger partial charge in [0.1, 0.15) is 0 Å². The van der Waals surface area contributed by atoms with Gasteiger partial charge in [-0.2, -0.15) is 4.31 Å². The van der Waals surface area contributed by atoms with E-state index in [1.807, 2.05) is 0 Å². The van der Waals surface area contributed by atoms with Gasteiger partial charge in [-0.1, -0.05) is 35.7 Å². The van der Waals surface area contributed by atoms with E-state index in [2.05, 4.69) is 5.32 Å². The Morgan fingerprint density at radius 1 is 1.06 bits per heavy atom. The molecule has 0 saturated carbocycles. The molecule has 0 unspecified atom stereocenters. The highest BCUT2D eigenvalue weighted by atomic mass is 35.5. The van der Waals surface area contributed by atoms with E-state index >= 15 is 0 Å². The molecule has 7 nitrogen and oxygen atoms in total. The molecule has 0 spiro atoms. The maximum Gasteiger partial charge on any atom is 0.338 e. The summed E-state index contributed by atoms with van der Waals surface area (Å²) >= 11 is 11.9. The molecule has 1 heterocycles. The number of carbonyl (C=O) groups is 2. The molecule has 1 aliphatic rings. The fourth-order valence-corrected chi connectivity index (χ4v) is 5.58. The minimum absolute atomic E-state index is 0.0513. The molecule has 0 bridgehead atoms. The molecule has 32 heavy (non-hydrogen) atoms. The van der Waals surface area contributed by atoms with Crippen molar-refractivity contribution in [2.45, 2.75) is 44.1 Å². The second-order valence-corrected chi connectivity index (χ2v) is 10.4. The summed E-state index contributed by atoms with van der Waals surface area (Å²) < 4.78 is 32.8. The van der Waals surface area contributed by atoms with Crippen LogP contribution in [0.2, 0.25) is 10.0 Å². The van der Waals surface area contributed by atoms with Crippen molar-refractivity contribution in [3.8, 4) is 0 Å². The summed E-state index contributed by atoms with van der Waals surface area (Å²) in [6.45, 7) is 4.01. The molecule has 3 rings (SSSR count). The molecule has 1 fully saturated rings. The van der Waals surface area contributed by atoms with Gasteiger partial charge in [0, 0.05) is 18.1 Å². The third-order valence-electron chi connectivity index (χ3n) is 5.20. The highest BCUT2D eigenvalue weighted by molar-refractivity contribution is 7.89. The van der Waals surface area contributed by atoms with Gasteiger partial charge in [0.15, 0.2) is 6.10 Å². The van der Waals surface area contributed by atoms with Gasteiger partial charge in [-0.25, -0.2) is 13.2 Å². The number of benzene rings is 2. The Bertz CT molecular complexity index is 1130. The molecule has 1 saturated heterocycles. The van der Waals surface area contributed by atoms with Crippen LogP contribution in [0, 0.1) is 6.92 Å². The van der Waals surface area contributed by atoms with Crippen LogP contribution >= 0.6 is 23.2 Å². The molecule has 172 valence electrons. The Morgan fingerprint density at radius 2 is 1.75 bits per heavy atom. The standard InChI is InChI=1S/C22H24Cl2N2O5S/c1-14-6-7-16(12-20(14)32(29,30)26-10-4-3-5-11-26)22(28)31-15(2)21(27)25-19-9-8-17(23)13-18(19)24/h6-9,12-13,15H,3-5,10-11H2,1-2H3,(H,25,27)/t15-/m0/s1. The number of aryl methyl sites for hydroxylation is 1. The number of halogens is 2. The van der Waals surface area contributed by atoms with Crippen molar-refractivity contribution in [3.05, 3.63) is 57.6 Å². The largest absolute Gasteiger partial charge is 0.449 e. The van der Waals surface area contributed by atoms with Gasteiger partial charge in [-0.05, 0) is 62.6 Å². The first kappa shape index (κ1) is 24.5. The number of nitrogens with zero attached hydrogens (tertiary/aromatic N) is 1. The quantitative estimate of drug-likeness (QED) is 0.584. The molecule has 10 heteroatoms. The van der Waals surface area contributed by atoms with Crippen LogP contribution in [-0.2, 0) is 19.6 Å². The SMILES string of the molecule is Cc1ccc(C(=O)O[C@@H](C)C(=O)Nc2ccc(Cl)cc2Cl)cc1S(=O)(=O)N1CCCCC1. The number of ether oxygens (including phenoxy) is 1. The first-order chi connectivity index (χ1) is 15.1. The van der Waals surface area contributed by atoms with Crippen molar-refractivity contribution >= 4 is 50.8 Å². The van der Waals surface area contributed by atoms with E-state index in [1.165, 1.54) is 35.5 Å². The summed E-state index contributed by atoms with van der Waals surface area (Å²) in [5, 5.41) is 3.24. The molecule has 0 radical (unpaired) electrons. The molecule has 1 atom stereocenters. The summed E-state index contributed by atoms with van der Waals surface area (Å²) in [5.74, 6) is -1.39. The Kier molecular flexibility index (Phi) is 7.82. The lowest BCUT2D eigenvalue weighted by molar-refractivity contribution is -0.123. The first-order valence-electron chi connectivity index (χ1n) is 10.2. The number of hydrogen-bond donors (Lipinski definition) is 1. The lowest BCUT2D eigenvalue weighted by atomic mass is 10.1. The molecule has 0 aliphatic carbocycles. The van der Waals surface area contributed by atoms with Gasteiger partial charge in [0.05, 0.1) is 21.2 Å². The Balaban J connectivity index is 1.73. The average Bonchev–Trinajstić information content (AvgIpc) is 2.76. The molecule has 2 aromatic carbocycles. The van der Waals surface area contributed by atoms with E-state index in [9.17, 15) is 18.0 Å². The van der Waals surface area contributed by atoms with Gasteiger partial charge < -0.3 is 10.1 Å². The summed E-state index contributed by atoms with van der Waals surface area (Å²) in [6, 6.07) is 8.93. The number of amides is 1. The van der Waals surface area contributed by atoms with Gasteiger partial charge in [0.2, 0.25) is 10.0 Å². The van der Waals surface area contributed by atoms with Gasteiger partial charge in [-0.3, -0.25) is 4.79 Å². The van der Waals surface area contributed by atoms with Crippen LogP contribution in [0.15, 0.2) is 41.3 Å². The third-order valence-corrected chi connectivity index (χ3v) is 7.79. The van der Waals surface area contributed by atoms with Crippen LogP contribution in [0.1, 0.15) is 42.1 Å². The van der Waals surface area contributed by atoms with E-state index in [4.69, 9.17) is 27.9 Å². The molecular weight excluding hydrogens is 475 g/mol. The lowest BCUT2D eigenvalue weighted by Crippen LogP contribution is -2.36. The number of rotatable bonds is 6. The van der Waals surface area contributed by atoms with Gasteiger partial charge in [0.25, 0.3) is 5.91 Å². The Morgan fingerprint density at radius 3 is 2.41 bits per heavy atom. The summed E-state index contributed by atoms with van der Waals surface area (Å²) in [5.41, 5.74) is 0.917. The number of carbonyl (C=O) groups excluding carboxylic acids is 2. The van der Waals surface area contributed by atoms with E-state index in [0.717, 1.165) is 19.3 Å². The summed E-state index contributed by atoms with van der Waals surface area (Å²) in [7, 11) is -3.72. The fourth-order valence-electron chi connectivity index (χ4n) is 3.36. The topological polar surface area (TPSA) is 92.8 Å². The summed E-state index contributed by atoms with van der Waals surface area (Å²) in [6.07, 6.45) is 1.48. The molecule has 1 N–H and O–H groups in total. The van der Waals surface area contributed by atoms with E-state index in [0.29, 0.717) is 29.4 Å². The van der Waals surface area contributed by atoms with Crippen molar-refractivity contribution in [1.82, 2.24) is 4.31 Å². The van der Waals surface area contributed by atoms with E-state index in [-0.39, 0.29) is 15.5 Å². The smallest absolute Gasteiger partial charge is 0.338 e. The zero-order valence-corrected chi connectivity index (χ0v) is 20.1. The number of piperidine rings is 1. The molecule has 2 aromatic rings.